The zero-order valence-electron chi connectivity index (χ0n) is 9.16. The number of aliphatic hydroxyl groups is 1. The molecule has 2 unspecified atom stereocenters. The Labute approximate surface area is 81.6 Å². The Morgan fingerprint density at radius 3 is 2.54 bits per heavy atom. The third kappa shape index (κ3) is 4.44. The molecule has 13 heavy (non-hydrogen) atoms. The third-order valence-corrected chi connectivity index (χ3v) is 2.08. The second kappa shape index (κ2) is 7.10. The molecule has 0 saturated carbocycles. The Morgan fingerprint density at radius 1 is 1.38 bits per heavy atom. The maximum Gasteiger partial charge on any atom is 0.0746 e. The van der Waals surface area contributed by atoms with Gasteiger partial charge in [0.05, 0.1) is 12.2 Å². The Bertz CT molecular complexity index is 143. The molecule has 2 heteroatoms. The summed E-state index contributed by atoms with van der Waals surface area (Å²) in [5, 5.41) is 9.26. The lowest BCUT2D eigenvalue weighted by molar-refractivity contribution is 0.00315. The first kappa shape index (κ1) is 12.7. The first-order chi connectivity index (χ1) is 6.24. The fraction of sp³-hybridized carbons (Fsp3) is 0.818. The molecule has 0 spiro atoms. The summed E-state index contributed by atoms with van der Waals surface area (Å²) in [6.07, 6.45) is 4.52. The average molecular weight is 186 g/mol. The van der Waals surface area contributed by atoms with E-state index in [0.29, 0.717) is 5.92 Å². The van der Waals surface area contributed by atoms with Crippen molar-refractivity contribution in [3.8, 4) is 0 Å². The molecule has 0 aromatic heterocycles. The molecule has 1 aliphatic rings. The maximum absolute atomic E-state index is 9.26. The molecule has 0 heterocycles. The van der Waals surface area contributed by atoms with Crippen LogP contribution in [0, 0.1) is 5.92 Å². The van der Waals surface area contributed by atoms with Gasteiger partial charge in [-0.2, -0.15) is 0 Å². The van der Waals surface area contributed by atoms with Gasteiger partial charge >= 0.3 is 0 Å². The van der Waals surface area contributed by atoms with E-state index in [1.54, 1.807) is 0 Å². The standard InChI is InChI=1S/C9H16O2.C2H6/c1-3-11-9-6-8(10)5-4-7(9)2;1-2/h4-5,7-10H,3,6H2,1-2H3;1-2H3/t7?,8-,9?;/m1./s1. The Hall–Kier alpha value is -0.340. The second-order valence-corrected chi connectivity index (χ2v) is 3.04. The van der Waals surface area contributed by atoms with Gasteiger partial charge < -0.3 is 9.84 Å². The van der Waals surface area contributed by atoms with Crippen LogP contribution in [0.3, 0.4) is 0 Å². The minimum absolute atomic E-state index is 0.208. The zero-order valence-corrected chi connectivity index (χ0v) is 9.16. The second-order valence-electron chi connectivity index (χ2n) is 3.04. The summed E-state index contributed by atoms with van der Waals surface area (Å²) in [6.45, 7) is 8.83. The first-order valence-electron chi connectivity index (χ1n) is 5.22. The highest BCUT2D eigenvalue weighted by Gasteiger charge is 2.21. The van der Waals surface area contributed by atoms with Crippen LogP contribution in [0.15, 0.2) is 12.2 Å². The molecule has 3 atom stereocenters. The lowest BCUT2D eigenvalue weighted by atomic mass is 9.93. The van der Waals surface area contributed by atoms with Gasteiger partial charge in [-0.25, -0.2) is 0 Å². The van der Waals surface area contributed by atoms with Gasteiger partial charge in [0.15, 0.2) is 0 Å². The van der Waals surface area contributed by atoms with Crippen LogP contribution in [0.5, 0.6) is 0 Å². The van der Waals surface area contributed by atoms with E-state index in [1.165, 1.54) is 0 Å². The predicted octanol–water partition coefficient (Wildman–Crippen LogP) is 2.37. The van der Waals surface area contributed by atoms with Gasteiger partial charge in [-0.15, -0.1) is 0 Å². The number of hydrogen-bond acceptors (Lipinski definition) is 2. The van der Waals surface area contributed by atoms with E-state index in [4.69, 9.17) is 4.74 Å². The number of aliphatic hydroxyl groups excluding tert-OH is 1. The van der Waals surface area contributed by atoms with Crippen LogP contribution in [0.4, 0.5) is 0 Å². The molecule has 0 aliphatic heterocycles. The highest BCUT2D eigenvalue weighted by molar-refractivity contribution is 5.01. The molecule has 78 valence electrons. The molecule has 0 bridgehead atoms. The van der Waals surface area contributed by atoms with Crippen LogP contribution >= 0.6 is 0 Å². The highest BCUT2D eigenvalue weighted by Crippen LogP contribution is 2.20. The first-order valence-corrected chi connectivity index (χ1v) is 5.22. The van der Waals surface area contributed by atoms with E-state index in [1.807, 2.05) is 32.9 Å². The largest absolute Gasteiger partial charge is 0.389 e. The maximum atomic E-state index is 9.26. The molecule has 0 radical (unpaired) electrons. The molecule has 1 N–H and O–H groups in total. The van der Waals surface area contributed by atoms with Crippen molar-refractivity contribution >= 4 is 0 Å². The van der Waals surface area contributed by atoms with Crippen molar-refractivity contribution in [3.63, 3.8) is 0 Å². The molecule has 1 aliphatic carbocycles. The van der Waals surface area contributed by atoms with Gasteiger partial charge in [-0.05, 0) is 6.92 Å². The van der Waals surface area contributed by atoms with Crippen molar-refractivity contribution < 1.29 is 9.84 Å². The zero-order chi connectivity index (χ0) is 10.3. The number of hydrogen-bond donors (Lipinski definition) is 1. The van der Waals surface area contributed by atoms with Gasteiger partial charge in [-0.1, -0.05) is 32.9 Å². The highest BCUT2D eigenvalue weighted by atomic mass is 16.5. The van der Waals surface area contributed by atoms with Crippen molar-refractivity contribution in [2.75, 3.05) is 6.61 Å². The molecule has 1 rings (SSSR count). The predicted molar refractivity (Wildman–Crippen MR) is 55.7 cm³/mol. The van der Waals surface area contributed by atoms with E-state index in [2.05, 4.69) is 6.92 Å². The number of ether oxygens (including phenoxy) is 1. The lowest BCUT2D eigenvalue weighted by Crippen LogP contribution is -2.29. The molecule has 0 amide bonds. The van der Waals surface area contributed by atoms with E-state index >= 15 is 0 Å². The summed E-state index contributed by atoms with van der Waals surface area (Å²) in [7, 11) is 0. The molecular formula is C11H22O2. The van der Waals surface area contributed by atoms with Crippen molar-refractivity contribution in [2.24, 2.45) is 5.92 Å². The normalized spacial score (nSPS) is 32.2. The molecule has 0 saturated heterocycles. The Morgan fingerprint density at radius 2 is 2.00 bits per heavy atom. The SMILES string of the molecule is CC.CCOC1C[C@H](O)C=CC1C. The summed E-state index contributed by atoms with van der Waals surface area (Å²) < 4.78 is 5.45. The van der Waals surface area contributed by atoms with Crippen LogP contribution in [-0.2, 0) is 4.74 Å². The minimum atomic E-state index is -0.303. The van der Waals surface area contributed by atoms with Crippen LogP contribution in [0.25, 0.3) is 0 Å². The summed E-state index contributed by atoms with van der Waals surface area (Å²) in [5.74, 6) is 0.443. The average Bonchev–Trinajstić information content (AvgIpc) is 2.15. The van der Waals surface area contributed by atoms with E-state index in [-0.39, 0.29) is 12.2 Å². The van der Waals surface area contributed by atoms with Crippen molar-refractivity contribution in [1.82, 2.24) is 0 Å². The molecule has 0 aromatic rings. The quantitative estimate of drug-likeness (QED) is 0.671. The van der Waals surface area contributed by atoms with Gasteiger partial charge in [0.2, 0.25) is 0 Å². The van der Waals surface area contributed by atoms with Crippen LogP contribution in [0.1, 0.15) is 34.1 Å². The van der Waals surface area contributed by atoms with Crippen molar-refractivity contribution in [1.29, 1.82) is 0 Å². The van der Waals surface area contributed by atoms with Crippen LogP contribution in [0.2, 0.25) is 0 Å². The fourth-order valence-corrected chi connectivity index (χ4v) is 1.39. The van der Waals surface area contributed by atoms with E-state index in [9.17, 15) is 5.11 Å². The van der Waals surface area contributed by atoms with Gasteiger partial charge in [0.25, 0.3) is 0 Å². The summed E-state index contributed by atoms with van der Waals surface area (Å²) in [5.41, 5.74) is 0. The van der Waals surface area contributed by atoms with Crippen LogP contribution in [-0.4, -0.2) is 23.9 Å². The Kier molecular flexibility index (Phi) is 6.92. The number of rotatable bonds is 2. The minimum Gasteiger partial charge on any atom is -0.389 e. The molecule has 2 nitrogen and oxygen atoms in total. The van der Waals surface area contributed by atoms with E-state index < -0.39 is 0 Å². The molecule has 0 fully saturated rings. The third-order valence-electron chi connectivity index (χ3n) is 2.08. The summed E-state index contributed by atoms with van der Waals surface area (Å²) >= 11 is 0. The molecular weight excluding hydrogens is 164 g/mol. The fourth-order valence-electron chi connectivity index (χ4n) is 1.39. The molecule has 0 aromatic carbocycles. The van der Waals surface area contributed by atoms with Crippen LogP contribution < -0.4 is 0 Å². The topological polar surface area (TPSA) is 29.5 Å². The smallest absolute Gasteiger partial charge is 0.0746 e. The van der Waals surface area contributed by atoms with Gasteiger partial charge in [0, 0.05) is 18.9 Å². The summed E-state index contributed by atoms with van der Waals surface area (Å²) in [4.78, 5) is 0. The van der Waals surface area contributed by atoms with Gasteiger partial charge in [0.1, 0.15) is 0 Å². The summed E-state index contributed by atoms with van der Waals surface area (Å²) in [6, 6.07) is 0. The van der Waals surface area contributed by atoms with E-state index in [0.717, 1.165) is 13.0 Å². The van der Waals surface area contributed by atoms with Crippen molar-refractivity contribution in [2.45, 2.75) is 46.3 Å². The lowest BCUT2D eigenvalue weighted by Gasteiger charge is -2.26. The van der Waals surface area contributed by atoms with Gasteiger partial charge in [-0.3, -0.25) is 0 Å². The van der Waals surface area contributed by atoms with Crippen molar-refractivity contribution in [3.05, 3.63) is 12.2 Å². The monoisotopic (exact) mass is 186 g/mol. The Balaban J connectivity index is 0.000000671.